The quantitative estimate of drug-likeness (QED) is 0.846. The highest BCUT2D eigenvalue weighted by atomic mass is 32.1. The first-order chi connectivity index (χ1) is 8.31. The number of aryl methyl sites for hydroxylation is 2. The average Bonchev–Trinajstić information content (AvgIpc) is 2.95. The largest absolute Gasteiger partial charge is 0.365 e. The molecule has 0 saturated carbocycles. The van der Waals surface area contributed by atoms with Crippen LogP contribution < -0.4 is 10.6 Å². The minimum absolute atomic E-state index is 0.924. The Kier molecular flexibility index (Phi) is 4.33. The summed E-state index contributed by atoms with van der Waals surface area (Å²) in [4.78, 5) is 11.2. The smallest absolute Gasteiger partial charge is 0.182 e. The summed E-state index contributed by atoms with van der Waals surface area (Å²) < 4.78 is 0. The molecule has 0 atom stereocenters. The third-order valence-electron chi connectivity index (χ3n) is 2.27. The van der Waals surface area contributed by atoms with Gasteiger partial charge in [-0.1, -0.05) is 0 Å². The van der Waals surface area contributed by atoms with Crippen molar-refractivity contribution in [2.75, 3.05) is 24.2 Å². The van der Waals surface area contributed by atoms with Gasteiger partial charge >= 0.3 is 0 Å². The Labute approximate surface area is 109 Å². The lowest BCUT2D eigenvalue weighted by molar-refractivity contribution is 0.993. The Morgan fingerprint density at radius 3 is 2.18 bits per heavy atom. The predicted molar refractivity (Wildman–Crippen MR) is 75.3 cm³/mol. The summed E-state index contributed by atoms with van der Waals surface area (Å²) in [6.07, 6.45) is 5.98. The topological polar surface area (TPSA) is 49.8 Å². The molecule has 2 aromatic heterocycles. The lowest BCUT2D eigenvalue weighted by atomic mass is 10.2. The SMILES string of the molecule is CCNc1ncc(CCc2cnc(NC)s2)s1. The van der Waals surface area contributed by atoms with Crippen LogP contribution in [0.25, 0.3) is 0 Å². The molecule has 0 saturated heterocycles. The maximum atomic E-state index is 4.32. The van der Waals surface area contributed by atoms with E-state index in [1.807, 2.05) is 19.4 Å². The van der Waals surface area contributed by atoms with Gasteiger partial charge in [0.2, 0.25) is 0 Å². The van der Waals surface area contributed by atoms with Crippen LogP contribution in [0.2, 0.25) is 0 Å². The van der Waals surface area contributed by atoms with E-state index in [1.54, 1.807) is 22.7 Å². The molecule has 2 aromatic rings. The lowest BCUT2D eigenvalue weighted by Gasteiger charge is -1.95. The van der Waals surface area contributed by atoms with Gasteiger partial charge < -0.3 is 10.6 Å². The number of nitrogens with one attached hydrogen (secondary N) is 2. The number of aromatic nitrogens is 2. The Bertz CT molecular complexity index is 463. The van der Waals surface area contributed by atoms with Gasteiger partial charge in [0, 0.05) is 35.7 Å². The molecular formula is C11H16N4S2. The fourth-order valence-corrected chi connectivity index (χ4v) is 3.09. The first-order valence-electron chi connectivity index (χ1n) is 5.63. The van der Waals surface area contributed by atoms with Crippen LogP contribution in [0.4, 0.5) is 10.3 Å². The van der Waals surface area contributed by atoms with Gasteiger partial charge in [0.25, 0.3) is 0 Å². The first-order valence-corrected chi connectivity index (χ1v) is 7.26. The molecule has 0 amide bonds. The van der Waals surface area contributed by atoms with Crippen molar-refractivity contribution in [1.82, 2.24) is 9.97 Å². The maximum absolute atomic E-state index is 4.32. The van der Waals surface area contributed by atoms with E-state index < -0.39 is 0 Å². The van der Waals surface area contributed by atoms with E-state index in [0.29, 0.717) is 0 Å². The third-order valence-corrected chi connectivity index (χ3v) is 4.36. The molecule has 0 aliphatic carbocycles. The van der Waals surface area contributed by atoms with Crippen LogP contribution in [0, 0.1) is 0 Å². The predicted octanol–water partition coefficient (Wildman–Crippen LogP) is 2.86. The lowest BCUT2D eigenvalue weighted by Crippen LogP contribution is -1.94. The normalized spacial score (nSPS) is 10.5. The molecule has 0 unspecified atom stereocenters. The van der Waals surface area contributed by atoms with Gasteiger partial charge in [0.15, 0.2) is 10.3 Å². The molecular weight excluding hydrogens is 252 g/mol. The monoisotopic (exact) mass is 268 g/mol. The van der Waals surface area contributed by atoms with Gasteiger partial charge in [-0.05, 0) is 19.8 Å². The van der Waals surface area contributed by atoms with E-state index in [-0.39, 0.29) is 0 Å². The summed E-state index contributed by atoms with van der Waals surface area (Å²) in [5, 5.41) is 8.28. The highest BCUT2D eigenvalue weighted by molar-refractivity contribution is 7.16. The molecule has 0 aliphatic heterocycles. The number of anilines is 2. The van der Waals surface area contributed by atoms with Crippen molar-refractivity contribution in [3.05, 3.63) is 22.1 Å². The van der Waals surface area contributed by atoms with Crippen LogP contribution in [-0.4, -0.2) is 23.6 Å². The second kappa shape index (κ2) is 5.97. The average molecular weight is 268 g/mol. The summed E-state index contributed by atoms with van der Waals surface area (Å²) >= 11 is 3.45. The van der Waals surface area contributed by atoms with Gasteiger partial charge in [-0.2, -0.15) is 0 Å². The second-order valence-electron chi connectivity index (χ2n) is 3.54. The van der Waals surface area contributed by atoms with E-state index in [4.69, 9.17) is 0 Å². The van der Waals surface area contributed by atoms with Crippen molar-refractivity contribution in [2.24, 2.45) is 0 Å². The van der Waals surface area contributed by atoms with Crippen LogP contribution in [0.1, 0.15) is 16.7 Å². The molecule has 0 fully saturated rings. The highest BCUT2D eigenvalue weighted by Crippen LogP contribution is 2.22. The zero-order valence-corrected chi connectivity index (χ0v) is 11.6. The second-order valence-corrected chi connectivity index (χ2v) is 5.77. The van der Waals surface area contributed by atoms with Crippen LogP contribution in [-0.2, 0) is 12.8 Å². The molecule has 0 radical (unpaired) electrons. The molecule has 92 valence electrons. The maximum Gasteiger partial charge on any atom is 0.182 e. The fraction of sp³-hybridized carbons (Fsp3) is 0.455. The van der Waals surface area contributed by atoms with E-state index in [0.717, 1.165) is 29.6 Å². The molecule has 0 bridgehead atoms. The molecule has 2 rings (SSSR count). The standard InChI is InChI=1S/C11H16N4S2/c1-3-13-11-15-7-9(17-11)5-4-8-6-14-10(12-2)16-8/h6-7H,3-5H2,1-2H3,(H,12,14)(H,13,15). The number of hydrogen-bond donors (Lipinski definition) is 2. The molecule has 0 aliphatic rings. The number of rotatable bonds is 6. The van der Waals surface area contributed by atoms with E-state index in [2.05, 4.69) is 27.5 Å². The van der Waals surface area contributed by atoms with E-state index >= 15 is 0 Å². The van der Waals surface area contributed by atoms with Crippen molar-refractivity contribution in [1.29, 1.82) is 0 Å². The summed E-state index contributed by atoms with van der Waals surface area (Å²) in [5.41, 5.74) is 0. The third kappa shape index (κ3) is 3.41. The molecule has 0 spiro atoms. The fourth-order valence-electron chi connectivity index (χ4n) is 1.44. The zero-order valence-electron chi connectivity index (χ0n) is 9.99. The molecule has 0 aromatic carbocycles. The molecule has 2 heterocycles. The Morgan fingerprint density at radius 1 is 1.06 bits per heavy atom. The molecule has 17 heavy (non-hydrogen) atoms. The first kappa shape index (κ1) is 12.3. The van der Waals surface area contributed by atoms with Gasteiger partial charge in [0.05, 0.1) is 0 Å². The zero-order chi connectivity index (χ0) is 12.1. The van der Waals surface area contributed by atoms with Crippen LogP contribution in [0.15, 0.2) is 12.4 Å². The minimum atomic E-state index is 0.924. The van der Waals surface area contributed by atoms with Gasteiger partial charge in [0.1, 0.15) is 0 Å². The van der Waals surface area contributed by atoms with Crippen molar-refractivity contribution in [3.63, 3.8) is 0 Å². The van der Waals surface area contributed by atoms with Crippen molar-refractivity contribution in [3.8, 4) is 0 Å². The van der Waals surface area contributed by atoms with Gasteiger partial charge in [-0.3, -0.25) is 0 Å². The summed E-state index contributed by atoms with van der Waals surface area (Å²) in [6, 6.07) is 0. The van der Waals surface area contributed by atoms with Gasteiger partial charge in [-0.15, -0.1) is 22.7 Å². The van der Waals surface area contributed by atoms with E-state index in [1.165, 1.54) is 9.75 Å². The molecule has 2 N–H and O–H groups in total. The summed E-state index contributed by atoms with van der Waals surface area (Å²) in [7, 11) is 1.90. The highest BCUT2D eigenvalue weighted by Gasteiger charge is 2.04. The van der Waals surface area contributed by atoms with Gasteiger partial charge in [-0.25, -0.2) is 9.97 Å². The number of nitrogens with zero attached hydrogens (tertiary/aromatic N) is 2. The number of thiazole rings is 2. The number of hydrogen-bond acceptors (Lipinski definition) is 6. The Balaban J connectivity index is 1.88. The molecule has 6 heteroatoms. The van der Waals surface area contributed by atoms with Crippen LogP contribution in [0.5, 0.6) is 0 Å². The summed E-state index contributed by atoms with van der Waals surface area (Å²) in [5.74, 6) is 0. The Hall–Kier alpha value is -1.14. The Morgan fingerprint density at radius 2 is 1.65 bits per heavy atom. The molecule has 4 nitrogen and oxygen atoms in total. The minimum Gasteiger partial charge on any atom is -0.365 e. The van der Waals surface area contributed by atoms with Crippen LogP contribution >= 0.6 is 22.7 Å². The van der Waals surface area contributed by atoms with Crippen LogP contribution in [0.3, 0.4) is 0 Å². The van der Waals surface area contributed by atoms with Crippen molar-refractivity contribution < 1.29 is 0 Å². The van der Waals surface area contributed by atoms with Crippen molar-refractivity contribution >= 4 is 32.9 Å². The van der Waals surface area contributed by atoms with E-state index in [9.17, 15) is 0 Å². The van der Waals surface area contributed by atoms with Crippen molar-refractivity contribution in [2.45, 2.75) is 19.8 Å². The summed E-state index contributed by atoms with van der Waals surface area (Å²) in [6.45, 7) is 3.00.